The van der Waals surface area contributed by atoms with E-state index < -0.39 is 0 Å². The molecule has 0 aromatic heterocycles. The number of carbonyl (C=O) groups excluding carboxylic acids is 1. The highest BCUT2D eigenvalue weighted by molar-refractivity contribution is 5.77. The molecule has 2 N–H and O–H groups in total. The van der Waals surface area contributed by atoms with Gasteiger partial charge in [-0.15, -0.1) is 0 Å². The van der Waals surface area contributed by atoms with Gasteiger partial charge in [-0.3, -0.25) is 4.79 Å². The van der Waals surface area contributed by atoms with Crippen molar-refractivity contribution in [2.45, 2.75) is 38.3 Å². The number of amides is 1. The summed E-state index contributed by atoms with van der Waals surface area (Å²) in [5.41, 5.74) is 2.14. The van der Waals surface area contributed by atoms with Gasteiger partial charge in [-0.25, -0.2) is 0 Å². The van der Waals surface area contributed by atoms with Gasteiger partial charge in [0.25, 0.3) is 0 Å². The Labute approximate surface area is 149 Å². The molecule has 0 aliphatic carbocycles. The van der Waals surface area contributed by atoms with Gasteiger partial charge in [0.1, 0.15) is 5.75 Å². The monoisotopic (exact) mass is 338 g/mol. The van der Waals surface area contributed by atoms with Gasteiger partial charge >= 0.3 is 0 Å². The molecule has 4 heteroatoms. The van der Waals surface area contributed by atoms with Crippen LogP contribution in [0.25, 0.3) is 0 Å². The summed E-state index contributed by atoms with van der Waals surface area (Å²) in [4.78, 5) is 12.5. The molecule has 1 amide bonds. The van der Waals surface area contributed by atoms with Gasteiger partial charge in [-0.2, -0.15) is 0 Å². The Morgan fingerprint density at radius 3 is 2.52 bits per heavy atom. The zero-order valence-electron chi connectivity index (χ0n) is 14.7. The second kappa shape index (κ2) is 8.67. The quantitative estimate of drug-likeness (QED) is 0.813. The van der Waals surface area contributed by atoms with Crippen molar-refractivity contribution in [3.63, 3.8) is 0 Å². The molecule has 3 rings (SSSR count). The molecule has 132 valence electrons. The molecule has 0 saturated carbocycles. The van der Waals surface area contributed by atoms with Crippen molar-refractivity contribution in [2.75, 3.05) is 13.2 Å². The minimum atomic E-state index is -0.147. The van der Waals surface area contributed by atoms with Crippen LogP contribution in [-0.4, -0.2) is 25.1 Å². The second-order valence-corrected chi connectivity index (χ2v) is 6.41. The topological polar surface area (TPSA) is 50.4 Å². The summed E-state index contributed by atoms with van der Waals surface area (Å²) < 4.78 is 5.52. The molecule has 1 aliphatic heterocycles. The number of rotatable bonds is 7. The van der Waals surface area contributed by atoms with Crippen molar-refractivity contribution in [1.29, 1.82) is 0 Å². The first-order valence-electron chi connectivity index (χ1n) is 9.06. The van der Waals surface area contributed by atoms with Crippen LogP contribution in [0.5, 0.6) is 5.75 Å². The van der Waals surface area contributed by atoms with E-state index in [1.807, 2.05) is 49.4 Å². The van der Waals surface area contributed by atoms with Crippen LogP contribution in [0.1, 0.15) is 43.4 Å². The Morgan fingerprint density at radius 1 is 1.16 bits per heavy atom. The predicted molar refractivity (Wildman–Crippen MR) is 99.7 cm³/mol. The molecule has 1 heterocycles. The standard InChI is InChI=1S/C21H26N2O2/c1-2-25-19-12-10-17(11-13-19)21(16-7-4-3-5-8-16)23-20(24)15-18-9-6-14-22-18/h3-5,7-8,10-13,18,21-22H,2,6,9,14-15H2,1H3,(H,23,24). The Morgan fingerprint density at radius 2 is 1.88 bits per heavy atom. The lowest BCUT2D eigenvalue weighted by Gasteiger charge is -2.21. The van der Waals surface area contributed by atoms with Crippen LogP contribution < -0.4 is 15.4 Å². The molecule has 1 aliphatic rings. The lowest BCUT2D eigenvalue weighted by Crippen LogP contribution is -2.34. The fourth-order valence-electron chi connectivity index (χ4n) is 3.30. The Kier molecular flexibility index (Phi) is 6.07. The smallest absolute Gasteiger partial charge is 0.222 e. The maximum Gasteiger partial charge on any atom is 0.222 e. The largest absolute Gasteiger partial charge is 0.494 e. The fourth-order valence-corrected chi connectivity index (χ4v) is 3.30. The van der Waals surface area contributed by atoms with E-state index in [-0.39, 0.29) is 11.9 Å². The first-order valence-corrected chi connectivity index (χ1v) is 9.06. The summed E-state index contributed by atoms with van der Waals surface area (Å²) in [5.74, 6) is 0.932. The van der Waals surface area contributed by atoms with E-state index in [1.54, 1.807) is 0 Å². The number of hydrogen-bond acceptors (Lipinski definition) is 3. The molecule has 4 nitrogen and oxygen atoms in total. The molecule has 1 fully saturated rings. The lowest BCUT2D eigenvalue weighted by atomic mass is 9.98. The first kappa shape index (κ1) is 17.5. The van der Waals surface area contributed by atoms with Gasteiger partial charge in [0, 0.05) is 12.5 Å². The van der Waals surface area contributed by atoms with Crippen LogP contribution in [0.2, 0.25) is 0 Å². The summed E-state index contributed by atoms with van der Waals surface area (Å²) in [5, 5.41) is 6.59. The SMILES string of the molecule is CCOc1ccc(C(NC(=O)CC2CCCN2)c2ccccc2)cc1. The Balaban J connectivity index is 1.76. The molecule has 2 atom stereocenters. The summed E-state index contributed by atoms with van der Waals surface area (Å²) in [7, 11) is 0. The summed E-state index contributed by atoms with van der Waals surface area (Å²) in [6, 6.07) is 18.2. The maximum atomic E-state index is 12.5. The molecule has 0 bridgehead atoms. The van der Waals surface area contributed by atoms with Crippen LogP contribution in [-0.2, 0) is 4.79 Å². The van der Waals surface area contributed by atoms with Crippen molar-refractivity contribution < 1.29 is 9.53 Å². The molecule has 2 unspecified atom stereocenters. The molecule has 2 aromatic carbocycles. The number of carbonyl (C=O) groups is 1. The molecule has 2 aromatic rings. The first-order chi connectivity index (χ1) is 12.3. The van der Waals surface area contributed by atoms with Crippen LogP contribution in [0.3, 0.4) is 0 Å². The zero-order chi connectivity index (χ0) is 17.5. The normalized spacial score (nSPS) is 17.9. The van der Waals surface area contributed by atoms with E-state index in [0.29, 0.717) is 19.1 Å². The summed E-state index contributed by atoms with van der Waals surface area (Å²) >= 11 is 0. The van der Waals surface area contributed by atoms with Crippen molar-refractivity contribution in [2.24, 2.45) is 0 Å². The highest BCUT2D eigenvalue weighted by atomic mass is 16.5. The van der Waals surface area contributed by atoms with Gasteiger partial charge in [0.2, 0.25) is 5.91 Å². The van der Waals surface area contributed by atoms with E-state index in [4.69, 9.17) is 4.74 Å². The van der Waals surface area contributed by atoms with Crippen LogP contribution in [0.4, 0.5) is 0 Å². The molecule has 25 heavy (non-hydrogen) atoms. The fraction of sp³-hybridized carbons (Fsp3) is 0.381. The third-order valence-corrected chi connectivity index (χ3v) is 4.56. The van der Waals surface area contributed by atoms with Gasteiger partial charge in [0.15, 0.2) is 0 Å². The zero-order valence-corrected chi connectivity index (χ0v) is 14.7. The minimum Gasteiger partial charge on any atom is -0.494 e. The van der Waals surface area contributed by atoms with E-state index in [0.717, 1.165) is 36.3 Å². The van der Waals surface area contributed by atoms with E-state index >= 15 is 0 Å². The number of hydrogen-bond donors (Lipinski definition) is 2. The third-order valence-electron chi connectivity index (χ3n) is 4.56. The van der Waals surface area contributed by atoms with Gasteiger partial charge in [-0.1, -0.05) is 42.5 Å². The van der Waals surface area contributed by atoms with Gasteiger partial charge < -0.3 is 15.4 Å². The summed E-state index contributed by atoms with van der Waals surface area (Å²) in [6.07, 6.45) is 2.76. The van der Waals surface area contributed by atoms with Crippen molar-refractivity contribution in [1.82, 2.24) is 10.6 Å². The predicted octanol–water partition coefficient (Wildman–Crippen LogP) is 3.43. The van der Waals surface area contributed by atoms with Crippen LogP contribution in [0, 0.1) is 0 Å². The molecular formula is C21H26N2O2. The highest BCUT2D eigenvalue weighted by Crippen LogP contribution is 2.24. The van der Waals surface area contributed by atoms with Crippen LogP contribution >= 0.6 is 0 Å². The highest BCUT2D eigenvalue weighted by Gasteiger charge is 2.21. The van der Waals surface area contributed by atoms with Gasteiger partial charge in [-0.05, 0) is 49.6 Å². The van der Waals surface area contributed by atoms with Crippen molar-refractivity contribution in [3.8, 4) is 5.75 Å². The van der Waals surface area contributed by atoms with Crippen molar-refractivity contribution in [3.05, 3.63) is 65.7 Å². The average Bonchev–Trinajstić information content (AvgIpc) is 3.14. The number of nitrogens with one attached hydrogen (secondary N) is 2. The summed E-state index contributed by atoms with van der Waals surface area (Å²) in [6.45, 7) is 3.63. The maximum absolute atomic E-state index is 12.5. The second-order valence-electron chi connectivity index (χ2n) is 6.41. The number of ether oxygens (including phenoxy) is 1. The van der Waals surface area contributed by atoms with Crippen molar-refractivity contribution >= 4 is 5.91 Å². The Bertz CT molecular complexity index is 664. The molecular weight excluding hydrogens is 312 g/mol. The van der Waals surface area contributed by atoms with Crippen LogP contribution in [0.15, 0.2) is 54.6 Å². The van der Waals surface area contributed by atoms with E-state index in [2.05, 4.69) is 22.8 Å². The third kappa shape index (κ3) is 4.83. The Hall–Kier alpha value is -2.33. The molecule has 1 saturated heterocycles. The molecule has 0 radical (unpaired) electrons. The minimum absolute atomic E-state index is 0.0853. The molecule has 0 spiro atoms. The average molecular weight is 338 g/mol. The van der Waals surface area contributed by atoms with E-state index in [1.165, 1.54) is 0 Å². The van der Waals surface area contributed by atoms with E-state index in [9.17, 15) is 4.79 Å². The van der Waals surface area contributed by atoms with Gasteiger partial charge in [0.05, 0.1) is 12.6 Å². The lowest BCUT2D eigenvalue weighted by molar-refractivity contribution is -0.122. The number of benzene rings is 2.